The highest BCUT2D eigenvalue weighted by Crippen LogP contribution is 2.45. The van der Waals surface area contributed by atoms with Crippen molar-refractivity contribution in [2.45, 2.75) is 46.6 Å². The van der Waals surface area contributed by atoms with E-state index in [2.05, 4.69) is 19.9 Å². The Hall–Kier alpha value is -3.77. The summed E-state index contributed by atoms with van der Waals surface area (Å²) in [6.45, 7) is 10.2. The number of aromatic nitrogens is 1. The molecule has 182 valence electrons. The minimum atomic E-state index is -0.783. The minimum absolute atomic E-state index is 0.0771. The van der Waals surface area contributed by atoms with Gasteiger partial charge in [-0.25, -0.2) is 4.98 Å². The molecule has 1 aliphatic heterocycles. The Morgan fingerprint density at radius 3 is 2.25 bits per heavy atom. The van der Waals surface area contributed by atoms with E-state index >= 15 is 0 Å². The van der Waals surface area contributed by atoms with Crippen molar-refractivity contribution in [2.24, 2.45) is 0 Å². The standard InChI is InChI=1S/C30H28N2O3S/c1-16(2)20-10-12-21(13-11-20)26-24(27(33)22-8-6-17(3)7-9-22)28(34)29(35)32(26)30-31-25-19(5)14-18(4)15-23(25)36-30/h6-16,26,33H,1-5H3/t26-/m1/s1. The second-order valence-electron chi connectivity index (χ2n) is 9.78. The van der Waals surface area contributed by atoms with Crippen LogP contribution in [0.4, 0.5) is 5.13 Å². The van der Waals surface area contributed by atoms with Gasteiger partial charge < -0.3 is 5.11 Å². The molecule has 4 aromatic rings. The molecular formula is C30H28N2O3S. The number of Topliss-reactive ketones (excluding diaryl/α,β-unsaturated/α-hetero) is 1. The van der Waals surface area contributed by atoms with Gasteiger partial charge in [0, 0.05) is 5.56 Å². The summed E-state index contributed by atoms with van der Waals surface area (Å²) in [6, 6.07) is 18.5. The summed E-state index contributed by atoms with van der Waals surface area (Å²) in [5.41, 5.74) is 6.45. The van der Waals surface area contributed by atoms with Crippen LogP contribution in [0, 0.1) is 20.8 Å². The molecule has 0 bridgehead atoms. The summed E-state index contributed by atoms with van der Waals surface area (Å²) in [6.07, 6.45) is 0. The third-order valence-corrected chi connectivity index (χ3v) is 7.71. The Labute approximate surface area is 214 Å². The fraction of sp³-hybridized carbons (Fsp3) is 0.233. The maximum Gasteiger partial charge on any atom is 0.301 e. The molecule has 6 heteroatoms. The van der Waals surface area contributed by atoms with E-state index in [1.807, 2.05) is 63.2 Å². The Balaban J connectivity index is 1.73. The summed E-state index contributed by atoms with van der Waals surface area (Å²) in [5.74, 6) is -1.23. The van der Waals surface area contributed by atoms with Crippen LogP contribution in [-0.2, 0) is 9.59 Å². The van der Waals surface area contributed by atoms with Gasteiger partial charge in [0.05, 0.1) is 21.8 Å². The number of carbonyl (C=O) groups is 2. The number of rotatable bonds is 4. The van der Waals surface area contributed by atoms with E-state index in [9.17, 15) is 14.7 Å². The highest BCUT2D eigenvalue weighted by atomic mass is 32.1. The van der Waals surface area contributed by atoms with E-state index in [0.717, 1.165) is 38.0 Å². The monoisotopic (exact) mass is 496 g/mol. The van der Waals surface area contributed by atoms with E-state index < -0.39 is 17.7 Å². The predicted octanol–water partition coefficient (Wildman–Crippen LogP) is 6.97. The average molecular weight is 497 g/mol. The van der Waals surface area contributed by atoms with Gasteiger partial charge >= 0.3 is 5.91 Å². The summed E-state index contributed by atoms with van der Waals surface area (Å²) < 4.78 is 0.955. The number of carbonyl (C=O) groups excluding carboxylic acids is 2. The van der Waals surface area contributed by atoms with Gasteiger partial charge in [0.1, 0.15) is 5.76 Å². The largest absolute Gasteiger partial charge is 0.507 e. The number of anilines is 1. The van der Waals surface area contributed by atoms with E-state index in [1.54, 1.807) is 12.1 Å². The molecule has 0 saturated carbocycles. The quantitative estimate of drug-likeness (QED) is 0.188. The first-order valence-electron chi connectivity index (χ1n) is 12.0. The first kappa shape index (κ1) is 23.9. The molecule has 0 aliphatic carbocycles. The van der Waals surface area contributed by atoms with Crippen molar-refractivity contribution in [3.05, 3.63) is 99.6 Å². The molecule has 1 aromatic heterocycles. The molecule has 0 unspecified atom stereocenters. The van der Waals surface area contributed by atoms with Crippen molar-refractivity contribution < 1.29 is 14.7 Å². The average Bonchev–Trinajstić information content (AvgIpc) is 3.38. The summed E-state index contributed by atoms with van der Waals surface area (Å²) in [5, 5.41) is 11.8. The number of thiazole rings is 1. The molecule has 0 spiro atoms. The molecule has 2 heterocycles. The third-order valence-electron chi connectivity index (χ3n) is 6.71. The summed E-state index contributed by atoms with van der Waals surface area (Å²) >= 11 is 1.38. The Bertz CT molecular complexity index is 1530. The van der Waals surface area contributed by atoms with E-state index in [0.29, 0.717) is 16.6 Å². The number of amides is 1. The van der Waals surface area contributed by atoms with Gasteiger partial charge in [-0.05, 0) is 55.0 Å². The van der Waals surface area contributed by atoms with E-state index in [1.165, 1.54) is 16.2 Å². The first-order chi connectivity index (χ1) is 17.2. The smallest absolute Gasteiger partial charge is 0.301 e. The second-order valence-corrected chi connectivity index (χ2v) is 10.8. The predicted molar refractivity (Wildman–Crippen MR) is 146 cm³/mol. The molecule has 1 amide bonds. The van der Waals surface area contributed by atoms with Gasteiger partial charge in [-0.15, -0.1) is 0 Å². The lowest BCUT2D eigenvalue weighted by molar-refractivity contribution is -0.132. The SMILES string of the molecule is Cc1ccc(C(O)=C2C(=O)C(=O)N(c3nc4c(C)cc(C)cc4s3)[C@@H]2c2ccc(C(C)C)cc2)cc1. The second kappa shape index (κ2) is 9.03. The zero-order valence-electron chi connectivity index (χ0n) is 21.0. The minimum Gasteiger partial charge on any atom is -0.507 e. The van der Waals surface area contributed by atoms with E-state index in [4.69, 9.17) is 4.98 Å². The number of nitrogens with zero attached hydrogens (tertiary/aromatic N) is 2. The molecular weight excluding hydrogens is 468 g/mol. The lowest BCUT2D eigenvalue weighted by atomic mass is 9.93. The van der Waals surface area contributed by atoms with Gasteiger partial charge in [-0.3, -0.25) is 14.5 Å². The highest BCUT2D eigenvalue weighted by molar-refractivity contribution is 7.22. The van der Waals surface area contributed by atoms with Gasteiger partial charge in [0.15, 0.2) is 5.13 Å². The van der Waals surface area contributed by atoms with Crippen molar-refractivity contribution in [2.75, 3.05) is 4.90 Å². The number of aliphatic hydroxyl groups excluding tert-OH is 1. The van der Waals surface area contributed by atoms with Crippen molar-refractivity contribution in [3.63, 3.8) is 0 Å². The van der Waals surface area contributed by atoms with Crippen LogP contribution in [-0.4, -0.2) is 21.8 Å². The fourth-order valence-corrected chi connectivity index (χ4v) is 5.91. The zero-order chi connectivity index (χ0) is 25.7. The molecule has 1 atom stereocenters. The fourth-order valence-electron chi connectivity index (χ4n) is 4.74. The Morgan fingerprint density at radius 1 is 0.944 bits per heavy atom. The number of fused-ring (bicyclic) bond motifs is 1. The summed E-state index contributed by atoms with van der Waals surface area (Å²) in [4.78, 5) is 33.2. The molecule has 36 heavy (non-hydrogen) atoms. The number of hydrogen-bond donors (Lipinski definition) is 1. The molecule has 3 aromatic carbocycles. The van der Waals surface area contributed by atoms with Crippen LogP contribution < -0.4 is 4.90 Å². The molecule has 1 saturated heterocycles. The Morgan fingerprint density at radius 2 is 1.61 bits per heavy atom. The topological polar surface area (TPSA) is 70.5 Å². The molecule has 1 fully saturated rings. The first-order valence-corrected chi connectivity index (χ1v) is 12.8. The molecule has 1 aliphatic rings. The number of ketones is 1. The van der Waals surface area contributed by atoms with Crippen LogP contribution in [0.25, 0.3) is 16.0 Å². The zero-order valence-corrected chi connectivity index (χ0v) is 21.8. The van der Waals surface area contributed by atoms with Crippen LogP contribution in [0.3, 0.4) is 0 Å². The maximum absolute atomic E-state index is 13.5. The third kappa shape index (κ3) is 4.01. The number of benzene rings is 3. The number of aliphatic hydroxyl groups is 1. The van der Waals surface area contributed by atoms with Crippen LogP contribution in [0.1, 0.15) is 59.2 Å². The van der Waals surface area contributed by atoms with Gasteiger partial charge in [0.25, 0.3) is 5.78 Å². The van der Waals surface area contributed by atoms with Crippen LogP contribution in [0.15, 0.2) is 66.2 Å². The van der Waals surface area contributed by atoms with Crippen molar-refractivity contribution in [1.29, 1.82) is 0 Å². The van der Waals surface area contributed by atoms with Crippen molar-refractivity contribution >= 4 is 44.1 Å². The number of aryl methyl sites for hydroxylation is 3. The molecule has 5 nitrogen and oxygen atoms in total. The van der Waals surface area contributed by atoms with Gasteiger partial charge in [0.2, 0.25) is 0 Å². The maximum atomic E-state index is 13.5. The Kier molecular flexibility index (Phi) is 6.00. The summed E-state index contributed by atoms with van der Waals surface area (Å²) in [7, 11) is 0. The van der Waals surface area contributed by atoms with Crippen molar-refractivity contribution in [3.8, 4) is 0 Å². The normalized spacial score (nSPS) is 17.5. The van der Waals surface area contributed by atoms with Crippen molar-refractivity contribution in [1.82, 2.24) is 4.98 Å². The lowest BCUT2D eigenvalue weighted by Gasteiger charge is -2.23. The molecule has 0 radical (unpaired) electrons. The lowest BCUT2D eigenvalue weighted by Crippen LogP contribution is -2.29. The van der Waals surface area contributed by atoms with Crippen LogP contribution in [0.2, 0.25) is 0 Å². The number of hydrogen-bond acceptors (Lipinski definition) is 5. The molecule has 1 N–H and O–H groups in total. The van der Waals surface area contributed by atoms with Gasteiger partial charge in [-0.1, -0.05) is 85.3 Å². The molecule has 5 rings (SSSR count). The van der Waals surface area contributed by atoms with E-state index in [-0.39, 0.29) is 11.3 Å². The van der Waals surface area contributed by atoms with Crippen LogP contribution in [0.5, 0.6) is 0 Å². The van der Waals surface area contributed by atoms with Crippen LogP contribution >= 0.6 is 11.3 Å². The highest BCUT2D eigenvalue weighted by Gasteiger charge is 2.48. The van der Waals surface area contributed by atoms with Gasteiger partial charge in [-0.2, -0.15) is 0 Å².